The Balaban J connectivity index is 2.26. The highest BCUT2D eigenvalue weighted by atomic mass is 16.7. The van der Waals surface area contributed by atoms with Gasteiger partial charge >= 0.3 is 7.12 Å². The summed E-state index contributed by atoms with van der Waals surface area (Å²) in [5.74, 6) is 0.531. The van der Waals surface area contributed by atoms with Gasteiger partial charge in [0.1, 0.15) is 5.69 Å². The van der Waals surface area contributed by atoms with E-state index < -0.39 is 7.12 Å². The van der Waals surface area contributed by atoms with Gasteiger partial charge in [0.2, 0.25) is 0 Å². The van der Waals surface area contributed by atoms with Crippen molar-refractivity contribution in [3.63, 3.8) is 0 Å². The predicted octanol–water partition coefficient (Wildman–Crippen LogP) is 3.97. The van der Waals surface area contributed by atoms with Gasteiger partial charge in [0, 0.05) is 0 Å². The lowest BCUT2D eigenvalue weighted by Gasteiger charge is -2.32. The lowest BCUT2D eigenvalue weighted by Crippen LogP contribution is -2.41. The fourth-order valence-electron chi connectivity index (χ4n) is 2.48. The Morgan fingerprint density at radius 3 is 2.27 bits per heavy atom. The fraction of sp³-hybridized carbons (Fsp3) is 0.647. The van der Waals surface area contributed by atoms with E-state index in [0.717, 1.165) is 23.9 Å². The molecule has 0 saturated carbocycles. The lowest BCUT2D eigenvalue weighted by molar-refractivity contribution is 0.00578. The number of nitroso groups, excluding NO2 is 1. The Labute approximate surface area is 133 Å². The molecule has 4 nitrogen and oxygen atoms in total. The number of hydrogen-bond acceptors (Lipinski definition) is 4. The Hall–Kier alpha value is -1.20. The van der Waals surface area contributed by atoms with Crippen molar-refractivity contribution >= 4 is 18.3 Å². The molecule has 5 heteroatoms. The Kier molecular flexibility index (Phi) is 4.78. The van der Waals surface area contributed by atoms with Crippen molar-refractivity contribution in [1.82, 2.24) is 0 Å². The summed E-state index contributed by atoms with van der Waals surface area (Å²) >= 11 is 0. The van der Waals surface area contributed by atoms with Crippen molar-refractivity contribution < 1.29 is 9.31 Å². The molecular weight excluding hydrogens is 277 g/mol. The molecule has 1 aromatic carbocycles. The summed E-state index contributed by atoms with van der Waals surface area (Å²) < 4.78 is 12.1. The van der Waals surface area contributed by atoms with E-state index in [1.807, 2.05) is 39.8 Å². The molecule has 0 amide bonds. The molecule has 1 aliphatic rings. The number of nitrogens with zero attached hydrogens (tertiary/aromatic N) is 1. The minimum absolute atomic E-state index is 0.387. The van der Waals surface area contributed by atoms with Gasteiger partial charge in [-0.1, -0.05) is 32.4 Å². The van der Waals surface area contributed by atoms with Crippen molar-refractivity contribution in [1.29, 1.82) is 0 Å². The largest absolute Gasteiger partial charge is 0.494 e. The quantitative estimate of drug-likeness (QED) is 0.611. The highest BCUT2D eigenvalue weighted by molar-refractivity contribution is 6.62. The summed E-state index contributed by atoms with van der Waals surface area (Å²) in [6.07, 6.45) is 1.94. The molecule has 0 aliphatic carbocycles. The summed E-state index contributed by atoms with van der Waals surface area (Å²) in [6, 6.07) is 5.75. The molecule has 0 N–H and O–H groups in total. The van der Waals surface area contributed by atoms with Gasteiger partial charge in [0.05, 0.1) is 11.2 Å². The molecule has 0 bridgehead atoms. The van der Waals surface area contributed by atoms with E-state index in [2.05, 4.69) is 19.0 Å². The normalized spacial score (nSPS) is 20.9. The van der Waals surface area contributed by atoms with Gasteiger partial charge in [-0.2, -0.15) is 0 Å². The van der Waals surface area contributed by atoms with Crippen LogP contribution in [0.1, 0.15) is 53.5 Å². The average Bonchev–Trinajstić information content (AvgIpc) is 2.67. The van der Waals surface area contributed by atoms with E-state index in [1.165, 1.54) is 0 Å². The second-order valence-electron chi connectivity index (χ2n) is 7.29. The fourth-order valence-corrected chi connectivity index (χ4v) is 2.48. The second-order valence-corrected chi connectivity index (χ2v) is 7.29. The summed E-state index contributed by atoms with van der Waals surface area (Å²) in [5.41, 5.74) is 1.56. The first kappa shape index (κ1) is 17.2. The highest BCUT2D eigenvalue weighted by Crippen LogP contribution is 2.36. The van der Waals surface area contributed by atoms with E-state index >= 15 is 0 Å². The zero-order valence-electron chi connectivity index (χ0n) is 14.5. The van der Waals surface area contributed by atoms with Crippen molar-refractivity contribution in [2.45, 2.75) is 65.6 Å². The molecule has 120 valence electrons. The van der Waals surface area contributed by atoms with E-state index in [4.69, 9.17) is 9.31 Å². The number of benzene rings is 1. The Morgan fingerprint density at radius 1 is 1.18 bits per heavy atom. The second kappa shape index (κ2) is 6.13. The van der Waals surface area contributed by atoms with Crippen LogP contribution in [0.2, 0.25) is 0 Å². The van der Waals surface area contributed by atoms with Crippen LogP contribution in [0.25, 0.3) is 0 Å². The van der Waals surface area contributed by atoms with Crippen LogP contribution in [0.4, 0.5) is 5.69 Å². The molecule has 0 radical (unpaired) electrons. The van der Waals surface area contributed by atoms with Crippen molar-refractivity contribution in [2.75, 3.05) is 0 Å². The van der Waals surface area contributed by atoms with Crippen LogP contribution in [0, 0.1) is 10.8 Å². The highest BCUT2D eigenvalue weighted by Gasteiger charge is 2.51. The van der Waals surface area contributed by atoms with Crippen LogP contribution in [-0.2, 0) is 15.7 Å². The molecule has 1 aromatic rings. The molecule has 0 aromatic heterocycles. The molecule has 2 rings (SSSR count). The SMILES string of the molecule is CCC(C)Cc1ccc(B2OC(C)(C)C(C)(C)O2)cc1N=O. The molecule has 0 spiro atoms. The maximum atomic E-state index is 11.2. The van der Waals surface area contributed by atoms with Crippen LogP contribution < -0.4 is 5.46 Å². The predicted molar refractivity (Wildman–Crippen MR) is 90.8 cm³/mol. The molecule has 1 aliphatic heterocycles. The molecule has 1 fully saturated rings. The zero-order chi connectivity index (χ0) is 16.5. The van der Waals surface area contributed by atoms with Crippen LogP contribution in [0.5, 0.6) is 0 Å². The van der Waals surface area contributed by atoms with Gasteiger partial charge in [-0.15, -0.1) is 4.91 Å². The minimum atomic E-state index is -0.455. The third-order valence-electron chi connectivity index (χ3n) is 5.00. The standard InChI is InChI=1S/C17H26BNO3/c1-7-12(2)10-13-8-9-14(11-15(13)19-20)18-21-16(3,4)17(5,6)22-18/h8-9,11-12H,7,10H2,1-6H3. The lowest BCUT2D eigenvalue weighted by atomic mass is 9.78. The topological polar surface area (TPSA) is 47.9 Å². The van der Waals surface area contributed by atoms with Gasteiger partial charge in [-0.25, -0.2) is 0 Å². The average molecular weight is 303 g/mol. The molecule has 1 unspecified atom stereocenters. The van der Waals surface area contributed by atoms with E-state index in [1.54, 1.807) is 6.07 Å². The summed E-state index contributed by atoms with van der Waals surface area (Å²) in [4.78, 5) is 11.2. The molecule has 1 saturated heterocycles. The zero-order valence-corrected chi connectivity index (χ0v) is 14.5. The van der Waals surface area contributed by atoms with Crippen LogP contribution in [-0.4, -0.2) is 18.3 Å². The Bertz CT molecular complexity index is 541. The monoisotopic (exact) mass is 303 g/mol. The molecule has 22 heavy (non-hydrogen) atoms. The molecular formula is C17H26BNO3. The number of hydrogen-bond donors (Lipinski definition) is 0. The maximum absolute atomic E-state index is 11.2. The van der Waals surface area contributed by atoms with Crippen LogP contribution in [0.15, 0.2) is 23.4 Å². The van der Waals surface area contributed by atoms with E-state index in [0.29, 0.717) is 11.6 Å². The van der Waals surface area contributed by atoms with Gasteiger partial charge in [-0.3, -0.25) is 0 Å². The summed E-state index contributed by atoms with van der Waals surface area (Å²) in [6.45, 7) is 12.4. The molecule has 1 atom stereocenters. The first-order valence-corrected chi connectivity index (χ1v) is 8.02. The van der Waals surface area contributed by atoms with Gasteiger partial charge in [0.25, 0.3) is 0 Å². The first-order valence-electron chi connectivity index (χ1n) is 8.02. The van der Waals surface area contributed by atoms with Crippen molar-refractivity contribution in [3.05, 3.63) is 28.7 Å². The number of rotatable bonds is 5. The third kappa shape index (κ3) is 3.25. The van der Waals surface area contributed by atoms with Crippen molar-refractivity contribution in [2.24, 2.45) is 11.1 Å². The van der Waals surface area contributed by atoms with Gasteiger partial charge < -0.3 is 9.31 Å². The van der Waals surface area contributed by atoms with Crippen LogP contribution >= 0.6 is 0 Å². The molecule has 1 heterocycles. The third-order valence-corrected chi connectivity index (χ3v) is 5.00. The van der Waals surface area contributed by atoms with Gasteiger partial charge in [0.15, 0.2) is 0 Å². The Morgan fingerprint density at radius 2 is 1.77 bits per heavy atom. The van der Waals surface area contributed by atoms with E-state index in [9.17, 15) is 4.91 Å². The van der Waals surface area contributed by atoms with E-state index in [-0.39, 0.29) is 11.2 Å². The van der Waals surface area contributed by atoms with Gasteiger partial charge in [-0.05, 0) is 62.3 Å². The van der Waals surface area contributed by atoms with Crippen LogP contribution in [0.3, 0.4) is 0 Å². The maximum Gasteiger partial charge on any atom is 0.494 e. The van der Waals surface area contributed by atoms with Crippen molar-refractivity contribution in [3.8, 4) is 0 Å². The summed E-state index contributed by atoms with van der Waals surface area (Å²) in [7, 11) is -0.455. The first-order chi connectivity index (χ1) is 10.2. The smallest absolute Gasteiger partial charge is 0.399 e. The minimum Gasteiger partial charge on any atom is -0.399 e. The summed E-state index contributed by atoms with van der Waals surface area (Å²) in [5, 5.41) is 3.20.